The first kappa shape index (κ1) is 16.3. The Balaban J connectivity index is 1.92. The third-order valence-electron chi connectivity index (χ3n) is 4.22. The first-order valence-corrected chi connectivity index (χ1v) is 8.94. The van der Waals surface area contributed by atoms with Gasteiger partial charge in [0.05, 0.1) is 5.75 Å². The fourth-order valence-corrected chi connectivity index (χ4v) is 3.86. The smallest absolute Gasteiger partial charge is 0.215 e. The Morgan fingerprint density at radius 3 is 2.62 bits per heavy atom. The van der Waals surface area contributed by atoms with E-state index in [1.165, 1.54) is 0 Å². The summed E-state index contributed by atoms with van der Waals surface area (Å²) in [4.78, 5) is 2.28. The SMILES string of the molecule is CN1CCC(C)(CNS(=O)(=O)Cc2cccc(N)c2)CC1. The highest BCUT2D eigenvalue weighted by atomic mass is 32.2. The molecule has 6 heteroatoms. The standard InChI is InChI=1S/C15H25N3O2S/c1-15(6-8-18(2)9-7-15)12-17-21(19,20)11-13-4-3-5-14(16)10-13/h3-5,10,17H,6-9,11-12,16H2,1-2H3. The van der Waals surface area contributed by atoms with Crippen LogP contribution in [0.4, 0.5) is 5.69 Å². The first-order chi connectivity index (χ1) is 9.78. The third-order valence-corrected chi connectivity index (χ3v) is 5.52. The number of likely N-dealkylation sites (tertiary alicyclic amines) is 1. The molecule has 1 saturated heterocycles. The molecule has 0 amide bonds. The van der Waals surface area contributed by atoms with Gasteiger partial charge in [-0.15, -0.1) is 0 Å². The van der Waals surface area contributed by atoms with Crippen molar-refractivity contribution >= 4 is 15.7 Å². The summed E-state index contributed by atoms with van der Waals surface area (Å²) in [5, 5.41) is 0. The normalized spacial score (nSPS) is 19.5. The number of hydrogen-bond donors (Lipinski definition) is 2. The van der Waals surface area contributed by atoms with Gasteiger partial charge in [0.25, 0.3) is 0 Å². The van der Waals surface area contributed by atoms with E-state index in [0.29, 0.717) is 12.2 Å². The lowest BCUT2D eigenvalue weighted by atomic mass is 9.81. The van der Waals surface area contributed by atoms with E-state index in [-0.39, 0.29) is 11.2 Å². The molecule has 1 fully saturated rings. The maximum absolute atomic E-state index is 12.2. The van der Waals surface area contributed by atoms with Gasteiger partial charge in [0.2, 0.25) is 10.0 Å². The quantitative estimate of drug-likeness (QED) is 0.807. The van der Waals surface area contributed by atoms with E-state index in [9.17, 15) is 8.42 Å². The van der Waals surface area contributed by atoms with Gasteiger partial charge in [-0.2, -0.15) is 0 Å². The molecule has 1 heterocycles. The van der Waals surface area contributed by atoms with Crippen LogP contribution in [0.25, 0.3) is 0 Å². The minimum absolute atomic E-state index is 0.0198. The maximum atomic E-state index is 12.2. The van der Waals surface area contributed by atoms with Crippen LogP contribution in [0, 0.1) is 5.41 Å². The van der Waals surface area contributed by atoms with Crippen LogP contribution >= 0.6 is 0 Å². The summed E-state index contributed by atoms with van der Waals surface area (Å²) in [6.07, 6.45) is 2.04. The maximum Gasteiger partial charge on any atom is 0.215 e. The lowest BCUT2D eigenvalue weighted by molar-refractivity contribution is 0.143. The summed E-state index contributed by atoms with van der Waals surface area (Å²) in [7, 11) is -1.22. The molecule has 0 aromatic heterocycles. The van der Waals surface area contributed by atoms with E-state index in [1.807, 2.05) is 0 Å². The molecule has 1 aliphatic heterocycles. The second-order valence-electron chi connectivity index (χ2n) is 6.44. The fraction of sp³-hybridized carbons (Fsp3) is 0.600. The Morgan fingerprint density at radius 1 is 1.33 bits per heavy atom. The van der Waals surface area contributed by atoms with Crippen molar-refractivity contribution in [2.24, 2.45) is 5.41 Å². The predicted octanol–water partition coefficient (Wildman–Crippen LogP) is 1.42. The zero-order valence-electron chi connectivity index (χ0n) is 12.8. The van der Waals surface area contributed by atoms with E-state index >= 15 is 0 Å². The molecule has 21 heavy (non-hydrogen) atoms. The van der Waals surface area contributed by atoms with Crippen molar-refractivity contribution in [1.82, 2.24) is 9.62 Å². The molecule has 0 spiro atoms. The van der Waals surface area contributed by atoms with Crippen LogP contribution in [-0.2, 0) is 15.8 Å². The number of benzene rings is 1. The molecule has 0 aliphatic carbocycles. The lowest BCUT2D eigenvalue weighted by Crippen LogP contribution is -2.43. The number of anilines is 1. The molecule has 1 aromatic rings. The Morgan fingerprint density at radius 2 is 2.00 bits per heavy atom. The summed E-state index contributed by atoms with van der Waals surface area (Å²) in [5.41, 5.74) is 7.04. The minimum Gasteiger partial charge on any atom is -0.399 e. The summed E-state index contributed by atoms with van der Waals surface area (Å²) >= 11 is 0. The molecule has 0 radical (unpaired) electrons. The highest BCUT2D eigenvalue weighted by Crippen LogP contribution is 2.29. The van der Waals surface area contributed by atoms with Crippen molar-refractivity contribution < 1.29 is 8.42 Å². The van der Waals surface area contributed by atoms with Crippen LogP contribution in [0.3, 0.4) is 0 Å². The summed E-state index contributed by atoms with van der Waals surface area (Å²) in [5.74, 6) is -0.0198. The molecule has 0 bridgehead atoms. The largest absolute Gasteiger partial charge is 0.399 e. The average Bonchev–Trinajstić information content (AvgIpc) is 2.40. The van der Waals surface area contributed by atoms with Crippen LogP contribution in [0.15, 0.2) is 24.3 Å². The van der Waals surface area contributed by atoms with Gasteiger partial charge in [0.1, 0.15) is 0 Å². The monoisotopic (exact) mass is 311 g/mol. The number of sulfonamides is 1. The Labute approximate surface area is 127 Å². The summed E-state index contributed by atoms with van der Waals surface area (Å²) in [6, 6.07) is 7.02. The molecule has 1 aromatic carbocycles. The Kier molecular flexibility index (Phi) is 4.91. The number of nitrogens with zero attached hydrogens (tertiary/aromatic N) is 1. The zero-order chi connectivity index (χ0) is 15.5. The van der Waals surface area contributed by atoms with Gasteiger partial charge >= 0.3 is 0 Å². The van der Waals surface area contributed by atoms with Crippen molar-refractivity contribution in [3.8, 4) is 0 Å². The van der Waals surface area contributed by atoms with Gasteiger partial charge in [-0.3, -0.25) is 0 Å². The average molecular weight is 311 g/mol. The van der Waals surface area contributed by atoms with Crippen LogP contribution in [0.1, 0.15) is 25.3 Å². The molecule has 2 rings (SSSR count). The molecule has 0 unspecified atom stereocenters. The van der Waals surface area contributed by atoms with Gasteiger partial charge in [-0.1, -0.05) is 19.1 Å². The van der Waals surface area contributed by atoms with E-state index < -0.39 is 10.0 Å². The summed E-state index contributed by atoms with van der Waals surface area (Å²) in [6.45, 7) is 4.70. The van der Waals surface area contributed by atoms with Gasteiger partial charge in [0.15, 0.2) is 0 Å². The minimum atomic E-state index is -3.32. The number of hydrogen-bond acceptors (Lipinski definition) is 4. The van der Waals surface area contributed by atoms with Crippen molar-refractivity contribution in [1.29, 1.82) is 0 Å². The van der Waals surface area contributed by atoms with Crippen LogP contribution in [0.5, 0.6) is 0 Å². The zero-order valence-corrected chi connectivity index (χ0v) is 13.6. The van der Waals surface area contributed by atoms with Crippen LogP contribution in [0.2, 0.25) is 0 Å². The Hall–Kier alpha value is -1.11. The highest BCUT2D eigenvalue weighted by Gasteiger charge is 2.30. The predicted molar refractivity (Wildman–Crippen MR) is 86.3 cm³/mol. The lowest BCUT2D eigenvalue weighted by Gasteiger charge is -2.37. The van der Waals surface area contributed by atoms with E-state index in [4.69, 9.17) is 5.73 Å². The number of nitrogen functional groups attached to an aromatic ring is 1. The summed E-state index contributed by atoms with van der Waals surface area (Å²) < 4.78 is 27.2. The number of nitrogens with two attached hydrogens (primary N) is 1. The second-order valence-corrected chi connectivity index (χ2v) is 8.25. The molecule has 3 N–H and O–H groups in total. The van der Waals surface area contributed by atoms with E-state index in [0.717, 1.165) is 31.5 Å². The molecular weight excluding hydrogens is 286 g/mol. The van der Waals surface area contributed by atoms with Gasteiger partial charge in [-0.25, -0.2) is 13.1 Å². The highest BCUT2D eigenvalue weighted by molar-refractivity contribution is 7.88. The molecule has 0 saturated carbocycles. The van der Waals surface area contributed by atoms with Crippen molar-refractivity contribution in [2.45, 2.75) is 25.5 Å². The van der Waals surface area contributed by atoms with Crippen LogP contribution in [-0.4, -0.2) is 40.0 Å². The molecule has 5 nitrogen and oxygen atoms in total. The molecule has 1 aliphatic rings. The second kappa shape index (κ2) is 6.34. The topological polar surface area (TPSA) is 75.4 Å². The van der Waals surface area contributed by atoms with Gasteiger partial charge < -0.3 is 10.6 Å². The molecule has 118 valence electrons. The number of nitrogens with one attached hydrogen (secondary N) is 1. The van der Waals surface area contributed by atoms with E-state index in [1.54, 1.807) is 24.3 Å². The van der Waals surface area contributed by atoms with Crippen LogP contribution < -0.4 is 10.5 Å². The number of rotatable bonds is 5. The number of piperidine rings is 1. The van der Waals surface area contributed by atoms with Crippen molar-refractivity contribution in [2.75, 3.05) is 32.4 Å². The van der Waals surface area contributed by atoms with Gasteiger partial charge in [0, 0.05) is 12.2 Å². The first-order valence-electron chi connectivity index (χ1n) is 7.28. The third kappa shape index (κ3) is 4.98. The molecule has 0 atom stereocenters. The van der Waals surface area contributed by atoms with Gasteiger partial charge in [-0.05, 0) is 56.1 Å². The fourth-order valence-electron chi connectivity index (χ4n) is 2.57. The van der Waals surface area contributed by atoms with Crippen molar-refractivity contribution in [3.05, 3.63) is 29.8 Å². The Bertz CT molecular complexity index is 578. The van der Waals surface area contributed by atoms with E-state index in [2.05, 4.69) is 23.6 Å². The van der Waals surface area contributed by atoms with Crippen molar-refractivity contribution in [3.63, 3.8) is 0 Å². The molecular formula is C15H25N3O2S.